The maximum atomic E-state index is 12.1. The molecule has 0 bridgehead atoms. The van der Waals surface area contributed by atoms with Gasteiger partial charge >= 0.3 is 6.09 Å². The van der Waals surface area contributed by atoms with Gasteiger partial charge in [0.05, 0.1) is 0 Å². The van der Waals surface area contributed by atoms with E-state index in [0.717, 1.165) is 12.8 Å². The standard InChI is InChI=1S/C12H19N3O4/c16-9-8(4-3-7-13-11(18)19)14-10(17)12(15-9)5-1-2-6-12/h8,13H,1-7H2,(H,14,17)(H,15,16)(H,18,19). The average molecular weight is 269 g/mol. The summed E-state index contributed by atoms with van der Waals surface area (Å²) in [6, 6.07) is -0.547. The van der Waals surface area contributed by atoms with E-state index in [1.54, 1.807) is 0 Å². The van der Waals surface area contributed by atoms with Crippen molar-refractivity contribution in [2.75, 3.05) is 6.54 Å². The fraction of sp³-hybridized carbons (Fsp3) is 0.750. The highest BCUT2D eigenvalue weighted by atomic mass is 16.4. The summed E-state index contributed by atoms with van der Waals surface area (Å²) in [5, 5.41) is 16.3. The zero-order valence-corrected chi connectivity index (χ0v) is 10.7. The summed E-state index contributed by atoms with van der Waals surface area (Å²) in [4.78, 5) is 34.3. The quantitative estimate of drug-likeness (QED) is 0.537. The van der Waals surface area contributed by atoms with Gasteiger partial charge in [-0.1, -0.05) is 12.8 Å². The predicted octanol–water partition coefficient (Wildman–Crippen LogP) is -0.0384. The maximum absolute atomic E-state index is 12.1. The highest BCUT2D eigenvalue weighted by molar-refractivity contribution is 5.99. The van der Waals surface area contributed by atoms with Crippen LogP contribution in [0, 0.1) is 0 Å². The lowest BCUT2D eigenvalue weighted by Crippen LogP contribution is -2.68. The molecule has 7 nitrogen and oxygen atoms in total. The molecule has 2 rings (SSSR count). The van der Waals surface area contributed by atoms with Crippen molar-refractivity contribution in [2.24, 2.45) is 0 Å². The van der Waals surface area contributed by atoms with E-state index >= 15 is 0 Å². The van der Waals surface area contributed by atoms with Crippen molar-refractivity contribution in [3.63, 3.8) is 0 Å². The fourth-order valence-corrected chi connectivity index (χ4v) is 2.78. The Balaban J connectivity index is 1.83. The number of carbonyl (C=O) groups is 3. The third kappa shape index (κ3) is 2.97. The van der Waals surface area contributed by atoms with E-state index in [-0.39, 0.29) is 18.4 Å². The smallest absolute Gasteiger partial charge is 0.404 e. The van der Waals surface area contributed by atoms with Crippen LogP contribution < -0.4 is 16.0 Å². The molecule has 0 radical (unpaired) electrons. The van der Waals surface area contributed by atoms with Gasteiger partial charge in [-0.15, -0.1) is 0 Å². The van der Waals surface area contributed by atoms with Crippen LogP contribution in [0.3, 0.4) is 0 Å². The molecule has 1 aliphatic heterocycles. The fourth-order valence-electron chi connectivity index (χ4n) is 2.78. The van der Waals surface area contributed by atoms with Gasteiger partial charge in [-0.2, -0.15) is 0 Å². The van der Waals surface area contributed by atoms with E-state index in [0.29, 0.717) is 25.7 Å². The number of nitrogens with one attached hydrogen (secondary N) is 3. The maximum Gasteiger partial charge on any atom is 0.404 e. The SMILES string of the molecule is O=C(O)NCCCC1NC(=O)C2(CCCC2)NC1=O. The van der Waals surface area contributed by atoms with Crippen LogP contribution in [0.1, 0.15) is 38.5 Å². The van der Waals surface area contributed by atoms with E-state index in [9.17, 15) is 14.4 Å². The third-order valence-corrected chi connectivity index (χ3v) is 3.82. The van der Waals surface area contributed by atoms with Crippen LogP contribution in [0.25, 0.3) is 0 Å². The highest BCUT2D eigenvalue weighted by Crippen LogP contribution is 2.31. The van der Waals surface area contributed by atoms with Gasteiger partial charge in [0, 0.05) is 6.54 Å². The van der Waals surface area contributed by atoms with Crippen molar-refractivity contribution in [3.8, 4) is 0 Å². The second kappa shape index (κ2) is 5.46. The molecule has 0 aromatic rings. The molecule has 1 heterocycles. The summed E-state index contributed by atoms with van der Waals surface area (Å²) >= 11 is 0. The Hall–Kier alpha value is -1.79. The number of carbonyl (C=O) groups excluding carboxylic acids is 2. The minimum atomic E-state index is -1.08. The normalized spacial score (nSPS) is 24.9. The molecule has 1 saturated heterocycles. The zero-order valence-electron chi connectivity index (χ0n) is 10.7. The Kier molecular flexibility index (Phi) is 3.92. The van der Waals surface area contributed by atoms with Crippen LogP contribution in [-0.2, 0) is 9.59 Å². The first kappa shape index (κ1) is 13.6. The van der Waals surface area contributed by atoms with Gasteiger partial charge in [0.2, 0.25) is 11.8 Å². The molecule has 106 valence electrons. The number of hydrogen-bond acceptors (Lipinski definition) is 3. The van der Waals surface area contributed by atoms with Crippen LogP contribution in [0.15, 0.2) is 0 Å². The second-order valence-corrected chi connectivity index (χ2v) is 5.18. The number of piperazine rings is 1. The summed E-state index contributed by atoms with van der Waals surface area (Å²) in [6.07, 6.45) is 3.20. The van der Waals surface area contributed by atoms with Gasteiger partial charge in [-0.05, 0) is 25.7 Å². The first-order valence-corrected chi connectivity index (χ1v) is 6.63. The van der Waals surface area contributed by atoms with E-state index in [1.165, 1.54) is 0 Å². The van der Waals surface area contributed by atoms with Crippen LogP contribution in [0.5, 0.6) is 0 Å². The summed E-state index contributed by atoms with van der Waals surface area (Å²) in [5.41, 5.74) is -0.688. The molecular weight excluding hydrogens is 250 g/mol. The van der Waals surface area contributed by atoms with Crippen LogP contribution in [0.2, 0.25) is 0 Å². The van der Waals surface area contributed by atoms with E-state index in [2.05, 4.69) is 16.0 Å². The minimum absolute atomic E-state index is 0.0965. The van der Waals surface area contributed by atoms with Gasteiger partial charge < -0.3 is 21.1 Å². The second-order valence-electron chi connectivity index (χ2n) is 5.18. The summed E-state index contributed by atoms with van der Waals surface area (Å²) in [5.74, 6) is -0.252. The first-order chi connectivity index (χ1) is 9.03. The van der Waals surface area contributed by atoms with Crippen LogP contribution in [0.4, 0.5) is 4.79 Å². The van der Waals surface area contributed by atoms with Crippen LogP contribution in [-0.4, -0.2) is 41.1 Å². The number of amides is 3. The van der Waals surface area contributed by atoms with E-state index in [4.69, 9.17) is 5.11 Å². The van der Waals surface area contributed by atoms with Gasteiger partial charge in [0.15, 0.2) is 0 Å². The highest BCUT2D eigenvalue weighted by Gasteiger charge is 2.47. The van der Waals surface area contributed by atoms with Gasteiger partial charge in [0.25, 0.3) is 0 Å². The Morgan fingerprint density at radius 3 is 2.68 bits per heavy atom. The van der Waals surface area contributed by atoms with Crippen LogP contribution >= 0.6 is 0 Å². The Bertz CT molecular complexity index is 390. The lowest BCUT2D eigenvalue weighted by molar-refractivity contribution is -0.141. The zero-order chi connectivity index (χ0) is 13.9. The number of rotatable bonds is 4. The minimum Gasteiger partial charge on any atom is -0.465 e. The average Bonchev–Trinajstić information content (AvgIpc) is 2.80. The summed E-state index contributed by atoms with van der Waals surface area (Å²) in [6.45, 7) is 0.278. The van der Waals surface area contributed by atoms with E-state index in [1.807, 2.05) is 0 Å². The lowest BCUT2D eigenvalue weighted by Gasteiger charge is -2.37. The predicted molar refractivity (Wildman–Crippen MR) is 66.5 cm³/mol. The van der Waals surface area contributed by atoms with Crippen molar-refractivity contribution in [2.45, 2.75) is 50.1 Å². The monoisotopic (exact) mass is 269 g/mol. The van der Waals surface area contributed by atoms with Crippen molar-refractivity contribution in [1.29, 1.82) is 0 Å². The molecular formula is C12H19N3O4. The largest absolute Gasteiger partial charge is 0.465 e. The van der Waals surface area contributed by atoms with Gasteiger partial charge in [-0.3, -0.25) is 9.59 Å². The Labute approximate surface area is 111 Å². The summed E-state index contributed by atoms with van der Waals surface area (Å²) in [7, 11) is 0. The summed E-state index contributed by atoms with van der Waals surface area (Å²) < 4.78 is 0. The lowest BCUT2D eigenvalue weighted by atomic mass is 9.91. The van der Waals surface area contributed by atoms with Gasteiger partial charge in [0.1, 0.15) is 11.6 Å². The molecule has 1 atom stereocenters. The van der Waals surface area contributed by atoms with Gasteiger partial charge in [-0.25, -0.2) is 4.79 Å². The van der Waals surface area contributed by atoms with E-state index < -0.39 is 17.7 Å². The molecule has 3 amide bonds. The molecule has 1 unspecified atom stereocenters. The molecule has 7 heteroatoms. The molecule has 1 aliphatic carbocycles. The molecule has 2 aliphatic rings. The molecule has 1 saturated carbocycles. The Morgan fingerprint density at radius 1 is 1.37 bits per heavy atom. The number of carboxylic acid groups (broad SMARTS) is 1. The van der Waals surface area contributed by atoms with Crippen molar-refractivity contribution in [3.05, 3.63) is 0 Å². The Morgan fingerprint density at radius 2 is 2.05 bits per heavy atom. The van der Waals surface area contributed by atoms with Crippen molar-refractivity contribution >= 4 is 17.9 Å². The first-order valence-electron chi connectivity index (χ1n) is 6.63. The van der Waals surface area contributed by atoms with Crippen molar-refractivity contribution < 1.29 is 19.5 Å². The third-order valence-electron chi connectivity index (χ3n) is 3.82. The topological polar surface area (TPSA) is 108 Å². The molecule has 1 spiro atoms. The molecule has 2 fully saturated rings. The molecule has 0 aromatic carbocycles. The molecule has 0 aromatic heterocycles. The molecule has 19 heavy (non-hydrogen) atoms. The molecule has 4 N–H and O–H groups in total. The number of hydrogen-bond donors (Lipinski definition) is 4. The van der Waals surface area contributed by atoms with Crippen molar-refractivity contribution in [1.82, 2.24) is 16.0 Å².